The topological polar surface area (TPSA) is 52.7 Å². The number of nitrogens with zero attached hydrogens (tertiary/aromatic N) is 2. The normalized spacial score (nSPS) is 13.7. The Morgan fingerprint density at radius 2 is 2.04 bits per heavy atom. The van der Waals surface area contributed by atoms with Crippen LogP contribution in [0.4, 0.5) is 5.69 Å². The third kappa shape index (κ3) is 5.95. The summed E-state index contributed by atoms with van der Waals surface area (Å²) in [6, 6.07) is 5.73. The first-order valence-corrected chi connectivity index (χ1v) is 9.94. The van der Waals surface area contributed by atoms with E-state index in [9.17, 15) is 9.59 Å². The number of likely N-dealkylation sites (N-methyl/N-ethyl adjacent to an activating group) is 1. The van der Waals surface area contributed by atoms with Crippen molar-refractivity contribution >= 4 is 33.4 Å². The summed E-state index contributed by atoms with van der Waals surface area (Å²) in [5.41, 5.74) is 2.93. The van der Waals surface area contributed by atoms with E-state index in [1.54, 1.807) is 11.9 Å². The molecule has 0 aliphatic heterocycles. The first-order chi connectivity index (χ1) is 12.4. The van der Waals surface area contributed by atoms with Crippen molar-refractivity contribution in [3.63, 3.8) is 0 Å². The smallest absolute Gasteiger partial charge is 0.240 e. The van der Waals surface area contributed by atoms with Gasteiger partial charge in [-0.05, 0) is 63.4 Å². The van der Waals surface area contributed by atoms with Gasteiger partial charge in [0.15, 0.2) is 0 Å². The number of benzene rings is 1. The van der Waals surface area contributed by atoms with Crippen molar-refractivity contribution in [3.05, 3.63) is 40.0 Å². The van der Waals surface area contributed by atoms with Crippen LogP contribution in [0.5, 0.6) is 0 Å². The standard InChI is InChI=1S/C20H28BrN3O2/c1-4-11-24(17-7-5-6-8-17)20(26)14-23(3)13-19(25)22-18-10-9-16(21)12-15(18)2/h7,9-10,12H,4-6,8,11,13-14H2,1-3H3,(H,22,25). The van der Waals surface area contributed by atoms with Crippen LogP contribution in [0.2, 0.25) is 0 Å². The zero-order valence-electron chi connectivity index (χ0n) is 15.8. The van der Waals surface area contributed by atoms with E-state index in [0.717, 1.165) is 53.6 Å². The molecule has 2 amide bonds. The summed E-state index contributed by atoms with van der Waals surface area (Å²) in [6.07, 6.45) is 6.23. The molecule has 1 aliphatic carbocycles. The number of carbonyl (C=O) groups is 2. The highest BCUT2D eigenvalue weighted by Gasteiger charge is 2.21. The minimum atomic E-state index is -0.118. The van der Waals surface area contributed by atoms with Crippen LogP contribution in [0.3, 0.4) is 0 Å². The monoisotopic (exact) mass is 421 g/mol. The number of rotatable bonds is 8. The van der Waals surface area contributed by atoms with Crippen LogP contribution in [0.1, 0.15) is 38.2 Å². The fourth-order valence-corrected chi connectivity index (χ4v) is 3.60. The minimum Gasteiger partial charge on any atom is -0.325 e. The van der Waals surface area contributed by atoms with Crippen molar-refractivity contribution in [1.29, 1.82) is 0 Å². The Kier molecular flexibility index (Phi) is 7.85. The number of anilines is 1. The van der Waals surface area contributed by atoms with Crippen LogP contribution < -0.4 is 5.32 Å². The summed E-state index contributed by atoms with van der Waals surface area (Å²) in [7, 11) is 1.80. The molecule has 1 aromatic rings. The molecule has 0 heterocycles. The Morgan fingerprint density at radius 3 is 2.65 bits per heavy atom. The van der Waals surface area contributed by atoms with Gasteiger partial charge in [0.05, 0.1) is 13.1 Å². The number of aryl methyl sites for hydroxylation is 1. The van der Waals surface area contributed by atoms with E-state index < -0.39 is 0 Å². The Balaban J connectivity index is 1.88. The maximum atomic E-state index is 12.7. The highest BCUT2D eigenvalue weighted by molar-refractivity contribution is 9.10. The van der Waals surface area contributed by atoms with Gasteiger partial charge in [0.1, 0.15) is 0 Å². The van der Waals surface area contributed by atoms with Crippen molar-refractivity contribution in [2.75, 3.05) is 32.0 Å². The molecule has 1 aliphatic rings. The molecule has 142 valence electrons. The van der Waals surface area contributed by atoms with E-state index in [2.05, 4.69) is 34.2 Å². The fraction of sp³-hybridized carbons (Fsp3) is 0.500. The number of nitrogens with one attached hydrogen (secondary N) is 1. The van der Waals surface area contributed by atoms with E-state index in [0.29, 0.717) is 0 Å². The number of halogens is 1. The molecule has 0 saturated carbocycles. The molecule has 0 unspecified atom stereocenters. The fourth-order valence-electron chi connectivity index (χ4n) is 3.13. The van der Waals surface area contributed by atoms with Crippen LogP contribution in [0.25, 0.3) is 0 Å². The van der Waals surface area contributed by atoms with Gasteiger partial charge in [-0.1, -0.05) is 28.9 Å². The molecular formula is C20H28BrN3O2. The molecule has 1 N–H and O–H groups in total. The summed E-state index contributed by atoms with van der Waals surface area (Å²) >= 11 is 3.42. The summed E-state index contributed by atoms with van der Waals surface area (Å²) in [4.78, 5) is 28.6. The van der Waals surface area contributed by atoms with Crippen molar-refractivity contribution in [2.45, 2.75) is 39.5 Å². The maximum absolute atomic E-state index is 12.7. The first kappa shape index (κ1) is 20.6. The minimum absolute atomic E-state index is 0.0649. The van der Waals surface area contributed by atoms with Gasteiger partial charge in [0, 0.05) is 22.4 Å². The lowest BCUT2D eigenvalue weighted by molar-refractivity contribution is -0.130. The summed E-state index contributed by atoms with van der Waals surface area (Å²) in [6.45, 7) is 5.19. The second kappa shape index (κ2) is 9.88. The summed E-state index contributed by atoms with van der Waals surface area (Å²) in [5, 5.41) is 2.91. The Bertz CT molecular complexity index is 688. The van der Waals surface area contributed by atoms with Gasteiger partial charge >= 0.3 is 0 Å². The van der Waals surface area contributed by atoms with Gasteiger partial charge in [-0.2, -0.15) is 0 Å². The second-order valence-electron chi connectivity index (χ2n) is 6.81. The zero-order valence-corrected chi connectivity index (χ0v) is 17.4. The SMILES string of the molecule is CCCN(C(=O)CN(C)CC(=O)Nc1ccc(Br)cc1C)C1=CCCC1. The summed E-state index contributed by atoms with van der Waals surface area (Å²) in [5.74, 6) is -0.0528. The molecule has 0 spiro atoms. The Morgan fingerprint density at radius 1 is 1.27 bits per heavy atom. The highest BCUT2D eigenvalue weighted by Crippen LogP contribution is 2.22. The van der Waals surface area contributed by atoms with Crippen LogP contribution in [-0.4, -0.2) is 48.3 Å². The van der Waals surface area contributed by atoms with E-state index in [-0.39, 0.29) is 24.9 Å². The average molecular weight is 422 g/mol. The predicted molar refractivity (Wildman–Crippen MR) is 109 cm³/mol. The van der Waals surface area contributed by atoms with Crippen LogP contribution in [0, 0.1) is 6.92 Å². The van der Waals surface area contributed by atoms with Crippen LogP contribution in [0.15, 0.2) is 34.4 Å². The van der Waals surface area contributed by atoms with Gasteiger partial charge in [0.25, 0.3) is 0 Å². The second-order valence-corrected chi connectivity index (χ2v) is 7.73. The molecule has 6 heteroatoms. The van der Waals surface area contributed by atoms with Gasteiger partial charge in [0.2, 0.25) is 11.8 Å². The molecule has 0 fully saturated rings. The molecule has 0 aromatic heterocycles. The molecule has 0 bridgehead atoms. The van der Waals surface area contributed by atoms with Crippen LogP contribution >= 0.6 is 15.9 Å². The molecule has 26 heavy (non-hydrogen) atoms. The van der Waals surface area contributed by atoms with Crippen molar-refractivity contribution in [2.24, 2.45) is 0 Å². The van der Waals surface area contributed by atoms with Gasteiger partial charge in [-0.15, -0.1) is 0 Å². The van der Waals surface area contributed by atoms with E-state index >= 15 is 0 Å². The number of hydrogen-bond acceptors (Lipinski definition) is 3. The lowest BCUT2D eigenvalue weighted by atomic mass is 10.2. The third-order valence-corrected chi connectivity index (χ3v) is 4.89. The van der Waals surface area contributed by atoms with Crippen molar-refractivity contribution in [1.82, 2.24) is 9.80 Å². The number of carbonyl (C=O) groups excluding carboxylic acids is 2. The highest BCUT2D eigenvalue weighted by atomic mass is 79.9. The first-order valence-electron chi connectivity index (χ1n) is 9.14. The van der Waals surface area contributed by atoms with Gasteiger partial charge < -0.3 is 10.2 Å². The Hall–Kier alpha value is -1.66. The maximum Gasteiger partial charge on any atom is 0.240 e. The molecule has 0 radical (unpaired) electrons. The summed E-state index contributed by atoms with van der Waals surface area (Å²) < 4.78 is 0.980. The number of amides is 2. The van der Waals surface area contributed by atoms with E-state index in [1.165, 1.54) is 0 Å². The quantitative estimate of drug-likeness (QED) is 0.691. The van der Waals surface area contributed by atoms with E-state index in [4.69, 9.17) is 0 Å². The van der Waals surface area contributed by atoms with Crippen molar-refractivity contribution in [3.8, 4) is 0 Å². The van der Waals surface area contributed by atoms with Gasteiger partial charge in [-0.25, -0.2) is 0 Å². The molecule has 1 aromatic carbocycles. The third-order valence-electron chi connectivity index (χ3n) is 4.39. The molecule has 5 nitrogen and oxygen atoms in total. The molecular weight excluding hydrogens is 394 g/mol. The lowest BCUT2D eigenvalue weighted by Gasteiger charge is -2.26. The van der Waals surface area contributed by atoms with Crippen LogP contribution in [-0.2, 0) is 9.59 Å². The molecule has 2 rings (SSSR count). The molecule has 0 atom stereocenters. The predicted octanol–water partition coefficient (Wildman–Crippen LogP) is 3.93. The van der Waals surface area contributed by atoms with E-state index in [1.807, 2.05) is 30.0 Å². The molecule has 0 saturated heterocycles. The number of allylic oxidation sites excluding steroid dienone is 2. The average Bonchev–Trinajstić information content (AvgIpc) is 3.09. The van der Waals surface area contributed by atoms with Crippen molar-refractivity contribution < 1.29 is 9.59 Å². The number of hydrogen-bond donors (Lipinski definition) is 1. The largest absolute Gasteiger partial charge is 0.325 e. The zero-order chi connectivity index (χ0) is 19.1. The van der Waals surface area contributed by atoms with Gasteiger partial charge in [-0.3, -0.25) is 14.5 Å². The Labute approximate surface area is 164 Å². The lowest BCUT2D eigenvalue weighted by Crippen LogP contribution is -2.41.